The molecule has 4 rings (SSSR count). The molecule has 31 heavy (non-hydrogen) atoms. The monoisotopic (exact) mass is 427 g/mol. The second kappa shape index (κ2) is 9.13. The Hall–Kier alpha value is -3.46. The van der Waals surface area contributed by atoms with E-state index >= 15 is 0 Å². The summed E-state index contributed by atoms with van der Waals surface area (Å²) in [5.74, 6) is 2.21. The molecule has 1 saturated heterocycles. The Morgan fingerprint density at radius 2 is 1.65 bits per heavy atom. The third kappa shape index (κ3) is 4.66. The molecule has 9 heteroatoms. The molecular formula is C22H25N3O6. The first-order valence-electron chi connectivity index (χ1n) is 10.0. The average Bonchev–Trinajstić information content (AvgIpc) is 3.26. The number of nitrogens with one attached hydrogen (secondary N) is 1. The summed E-state index contributed by atoms with van der Waals surface area (Å²) >= 11 is 0. The van der Waals surface area contributed by atoms with Crippen molar-refractivity contribution < 1.29 is 28.5 Å². The largest absolute Gasteiger partial charge is 0.497 e. The lowest BCUT2D eigenvalue weighted by Crippen LogP contribution is -2.50. The molecule has 2 aliphatic heterocycles. The maximum Gasteiger partial charge on any atom is 0.253 e. The number of methoxy groups -OCH3 is 2. The molecule has 1 N–H and O–H groups in total. The van der Waals surface area contributed by atoms with Gasteiger partial charge in [-0.3, -0.25) is 14.5 Å². The first-order valence-corrected chi connectivity index (χ1v) is 10.0. The van der Waals surface area contributed by atoms with Crippen molar-refractivity contribution in [2.24, 2.45) is 0 Å². The Morgan fingerprint density at radius 3 is 2.29 bits per heavy atom. The summed E-state index contributed by atoms with van der Waals surface area (Å²) in [6, 6.07) is 10.5. The predicted octanol–water partition coefficient (Wildman–Crippen LogP) is 1.83. The number of carbonyl (C=O) groups excluding carboxylic acids is 2. The Bertz CT molecular complexity index is 954. The van der Waals surface area contributed by atoms with Gasteiger partial charge in [-0.05, 0) is 24.3 Å². The Balaban J connectivity index is 1.30. The van der Waals surface area contributed by atoms with Gasteiger partial charge in [-0.15, -0.1) is 0 Å². The van der Waals surface area contributed by atoms with Gasteiger partial charge in [0.25, 0.3) is 5.91 Å². The second-order valence-corrected chi connectivity index (χ2v) is 7.25. The maximum absolute atomic E-state index is 12.7. The van der Waals surface area contributed by atoms with Crippen molar-refractivity contribution in [1.82, 2.24) is 9.80 Å². The fourth-order valence-electron chi connectivity index (χ4n) is 3.61. The fraction of sp³-hybridized carbons (Fsp3) is 0.364. The standard InChI is InChI=1S/C22H25N3O6/c1-28-16-5-3-15(4-6-16)22(27)25-9-7-24(8-10-25)13-21(26)23-17-11-19-20(31-14-30-19)12-18(17)29-2/h3-6,11-12H,7-10,13-14H2,1-2H3,(H,23,26). The van der Waals surface area contributed by atoms with E-state index in [-0.39, 0.29) is 25.2 Å². The summed E-state index contributed by atoms with van der Waals surface area (Å²) in [5.41, 5.74) is 1.16. The third-order valence-electron chi connectivity index (χ3n) is 5.33. The van der Waals surface area contributed by atoms with Crippen LogP contribution in [-0.4, -0.2) is 75.4 Å². The van der Waals surface area contributed by atoms with Gasteiger partial charge < -0.3 is 29.2 Å². The van der Waals surface area contributed by atoms with E-state index in [0.29, 0.717) is 60.4 Å². The number of fused-ring (bicyclic) bond motifs is 1. The van der Waals surface area contributed by atoms with E-state index in [1.54, 1.807) is 48.4 Å². The Morgan fingerprint density at radius 1 is 0.968 bits per heavy atom. The number of hydrogen-bond acceptors (Lipinski definition) is 7. The van der Waals surface area contributed by atoms with E-state index in [0.717, 1.165) is 0 Å². The summed E-state index contributed by atoms with van der Waals surface area (Å²) in [4.78, 5) is 29.1. The van der Waals surface area contributed by atoms with E-state index in [1.165, 1.54) is 7.11 Å². The fourth-order valence-corrected chi connectivity index (χ4v) is 3.61. The average molecular weight is 427 g/mol. The highest BCUT2D eigenvalue weighted by atomic mass is 16.7. The van der Waals surface area contributed by atoms with Gasteiger partial charge in [-0.2, -0.15) is 0 Å². The zero-order valence-electron chi connectivity index (χ0n) is 17.6. The normalized spacial score (nSPS) is 15.5. The van der Waals surface area contributed by atoms with Gasteiger partial charge in [0.05, 0.1) is 26.5 Å². The van der Waals surface area contributed by atoms with Gasteiger partial charge in [-0.1, -0.05) is 0 Å². The zero-order chi connectivity index (χ0) is 21.8. The van der Waals surface area contributed by atoms with Crippen LogP contribution in [-0.2, 0) is 4.79 Å². The maximum atomic E-state index is 12.7. The van der Waals surface area contributed by atoms with Gasteiger partial charge in [0.2, 0.25) is 12.7 Å². The molecule has 2 aliphatic rings. The third-order valence-corrected chi connectivity index (χ3v) is 5.33. The smallest absolute Gasteiger partial charge is 0.253 e. The lowest BCUT2D eigenvalue weighted by atomic mass is 10.1. The number of rotatable bonds is 6. The summed E-state index contributed by atoms with van der Waals surface area (Å²) in [7, 11) is 3.13. The van der Waals surface area contributed by atoms with Crippen molar-refractivity contribution in [2.75, 3.05) is 59.1 Å². The van der Waals surface area contributed by atoms with E-state index in [1.807, 2.05) is 4.90 Å². The lowest BCUT2D eigenvalue weighted by Gasteiger charge is -2.34. The molecule has 2 aromatic rings. The molecule has 0 aliphatic carbocycles. The predicted molar refractivity (Wildman–Crippen MR) is 113 cm³/mol. The van der Waals surface area contributed by atoms with Crippen LogP contribution >= 0.6 is 0 Å². The highest BCUT2D eigenvalue weighted by molar-refractivity contribution is 5.95. The topological polar surface area (TPSA) is 89.6 Å². The van der Waals surface area contributed by atoms with Crippen molar-refractivity contribution >= 4 is 17.5 Å². The Labute approximate surface area is 180 Å². The van der Waals surface area contributed by atoms with Crippen molar-refractivity contribution in [1.29, 1.82) is 0 Å². The van der Waals surface area contributed by atoms with E-state index < -0.39 is 0 Å². The van der Waals surface area contributed by atoms with Gasteiger partial charge in [0.1, 0.15) is 11.5 Å². The minimum absolute atomic E-state index is 0.0168. The number of benzene rings is 2. The molecule has 164 valence electrons. The summed E-state index contributed by atoms with van der Waals surface area (Å²) in [6.45, 7) is 2.73. The highest BCUT2D eigenvalue weighted by Gasteiger charge is 2.24. The van der Waals surface area contributed by atoms with Crippen molar-refractivity contribution in [3.8, 4) is 23.0 Å². The van der Waals surface area contributed by atoms with Crippen LogP contribution in [0.3, 0.4) is 0 Å². The molecule has 0 atom stereocenters. The molecule has 2 heterocycles. The lowest BCUT2D eigenvalue weighted by molar-refractivity contribution is -0.117. The van der Waals surface area contributed by atoms with Crippen molar-refractivity contribution in [2.45, 2.75) is 0 Å². The molecule has 0 bridgehead atoms. The van der Waals surface area contributed by atoms with Gasteiger partial charge >= 0.3 is 0 Å². The number of nitrogens with zero attached hydrogens (tertiary/aromatic N) is 2. The van der Waals surface area contributed by atoms with Crippen LogP contribution in [0, 0.1) is 0 Å². The van der Waals surface area contributed by atoms with E-state index in [2.05, 4.69) is 5.32 Å². The molecule has 2 aromatic carbocycles. The molecule has 0 saturated carbocycles. The molecule has 2 amide bonds. The summed E-state index contributed by atoms with van der Waals surface area (Å²) in [6.07, 6.45) is 0. The minimum atomic E-state index is -0.160. The first kappa shape index (κ1) is 20.8. The quantitative estimate of drug-likeness (QED) is 0.752. The number of carbonyl (C=O) groups is 2. The SMILES string of the molecule is COc1ccc(C(=O)N2CCN(CC(=O)Nc3cc4c(cc3OC)OCO4)CC2)cc1. The van der Waals surface area contributed by atoms with Crippen LogP contribution in [0.2, 0.25) is 0 Å². The van der Waals surface area contributed by atoms with Crippen LogP contribution < -0.4 is 24.3 Å². The molecule has 0 unspecified atom stereocenters. The van der Waals surface area contributed by atoms with Crippen molar-refractivity contribution in [3.05, 3.63) is 42.0 Å². The molecule has 9 nitrogen and oxygen atoms in total. The molecule has 1 fully saturated rings. The molecular weight excluding hydrogens is 402 g/mol. The van der Waals surface area contributed by atoms with E-state index in [9.17, 15) is 9.59 Å². The van der Waals surface area contributed by atoms with Crippen LogP contribution in [0.15, 0.2) is 36.4 Å². The van der Waals surface area contributed by atoms with Gasteiger partial charge in [-0.25, -0.2) is 0 Å². The number of ether oxygens (including phenoxy) is 4. The van der Waals surface area contributed by atoms with Crippen molar-refractivity contribution in [3.63, 3.8) is 0 Å². The van der Waals surface area contributed by atoms with Crippen LogP contribution in [0.25, 0.3) is 0 Å². The highest BCUT2D eigenvalue weighted by Crippen LogP contribution is 2.40. The first-order chi connectivity index (χ1) is 15.1. The number of piperazine rings is 1. The van der Waals surface area contributed by atoms with Crippen LogP contribution in [0.5, 0.6) is 23.0 Å². The molecule has 0 radical (unpaired) electrons. The van der Waals surface area contributed by atoms with Gasteiger partial charge in [0, 0.05) is 43.9 Å². The number of amides is 2. The minimum Gasteiger partial charge on any atom is -0.497 e. The van der Waals surface area contributed by atoms with Crippen LogP contribution in [0.4, 0.5) is 5.69 Å². The zero-order valence-corrected chi connectivity index (χ0v) is 17.6. The summed E-state index contributed by atoms with van der Waals surface area (Å²) < 4.78 is 21.2. The summed E-state index contributed by atoms with van der Waals surface area (Å²) in [5, 5.41) is 2.88. The number of hydrogen-bond donors (Lipinski definition) is 1. The second-order valence-electron chi connectivity index (χ2n) is 7.25. The molecule has 0 spiro atoms. The number of anilines is 1. The van der Waals surface area contributed by atoms with E-state index in [4.69, 9.17) is 18.9 Å². The van der Waals surface area contributed by atoms with Gasteiger partial charge in [0.15, 0.2) is 11.5 Å². The Kier molecular flexibility index (Phi) is 6.13. The molecule has 0 aromatic heterocycles. The van der Waals surface area contributed by atoms with Crippen LogP contribution in [0.1, 0.15) is 10.4 Å².